The van der Waals surface area contributed by atoms with Gasteiger partial charge in [-0.3, -0.25) is 4.89 Å². The minimum Gasteiger partial charge on any atom is -0.295 e. The molecule has 1 aromatic carbocycles. The van der Waals surface area contributed by atoms with Gasteiger partial charge in [0.1, 0.15) is 5.56 Å². The molecule has 0 radical (unpaired) electrons. The van der Waals surface area contributed by atoms with Gasteiger partial charge in [0.05, 0.1) is 5.02 Å². The molecule has 0 unspecified atom stereocenters. The average Bonchev–Trinajstić information content (AvgIpc) is 2.08. The molecule has 0 aromatic heterocycles. The summed E-state index contributed by atoms with van der Waals surface area (Å²) in [5, 5.41) is 7.75. The zero-order valence-electron chi connectivity index (χ0n) is 5.75. The van der Waals surface area contributed by atoms with Gasteiger partial charge in [-0.1, -0.05) is 17.7 Å². The number of hydrogen-bond donors (Lipinski definition) is 1. The first-order valence-corrected chi connectivity index (χ1v) is 3.34. The van der Waals surface area contributed by atoms with E-state index in [1.54, 1.807) is 0 Å². The fraction of sp³-hybridized carbons (Fsp3) is 0. The second kappa shape index (κ2) is 3.51. The summed E-state index contributed by atoms with van der Waals surface area (Å²) in [5.74, 6) is -2.08. The van der Waals surface area contributed by atoms with Gasteiger partial charge in [-0.15, -0.1) is 0 Å². The molecule has 3 nitrogen and oxygen atoms in total. The molecule has 1 rings (SSSR count). The zero-order valence-corrected chi connectivity index (χ0v) is 6.51. The molecule has 12 heavy (non-hydrogen) atoms. The summed E-state index contributed by atoms with van der Waals surface area (Å²) in [4.78, 5) is 14.0. The summed E-state index contributed by atoms with van der Waals surface area (Å²) >= 11 is 5.35. The monoisotopic (exact) mass is 190 g/mol. The molecule has 0 aliphatic heterocycles. The van der Waals surface area contributed by atoms with Crippen molar-refractivity contribution in [3.63, 3.8) is 0 Å². The maximum atomic E-state index is 12.9. The molecule has 1 aromatic rings. The van der Waals surface area contributed by atoms with Crippen LogP contribution in [0, 0.1) is 5.82 Å². The van der Waals surface area contributed by atoms with Gasteiger partial charge in [0.25, 0.3) is 0 Å². The second-order valence-corrected chi connectivity index (χ2v) is 2.39. The Labute approximate surface area is 72.3 Å². The van der Waals surface area contributed by atoms with Crippen LogP contribution in [-0.2, 0) is 4.89 Å². The molecule has 0 bridgehead atoms. The van der Waals surface area contributed by atoms with E-state index in [-0.39, 0.29) is 5.02 Å². The lowest BCUT2D eigenvalue weighted by molar-refractivity contribution is -0.183. The van der Waals surface area contributed by atoms with E-state index in [0.717, 1.165) is 6.07 Å². The molecule has 0 saturated heterocycles. The minimum atomic E-state index is -1.17. The van der Waals surface area contributed by atoms with Crippen LogP contribution >= 0.6 is 11.6 Å². The average molecular weight is 191 g/mol. The number of rotatable bonds is 1. The summed E-state index contributed by atoms with van der Waals surface area (Å²) < 4.78 is 12.9. The maximum Gasteiger partial charge on any atom is 0.375 e. The van der Waals surface area contributed by atoms with Gasteiger partial charge in [0, 0.05) is 0 Å². The molecule has 0 saturated carbocycles. The first kappa shape index (κ1) is 8.96. The predicted molar refractivity (Wildman–Crippen MR) is 39.5 cm³/mol. The largest absolute Gasteiger partial charge is 0.375 e. The molecule has 5 heteroatoms. The van der Waals surface area contributed by atoms with Crippen molar-refractivity contribution in [1.29, 1.82) is 0 Å². The topological polar surface area (TPSA) is 46.5 Å². The molecule has 0 amide bonds. The number of halogens is 2. The second-order valence-electron chi connectivity index (χ2n) is 1.98. The minimum absolute atomic E-state index is 0.196. The van der Waals surface area contributed by atoms with Crippen LogP contribution in [0.25, 0.3) is 0 Å². The van der Waals surface area contributed by atoms with E-state index in [1.165, 1.54) is 12.1 Å². The lowest BCUT2D eigenvalue weighted by Crippen LogP contribution is -2.04. The molecule has 0 heterocycles. The molecule has 0 fully saturated rings. The highest BCUT2D eigenvalue weighted by Gasteiger charge is 2.14. The Kier molecular flexibility index (Phi) is 2.62. The van der Waals surface area contributed by atoms with Crippen molar-refractivity contribution in [2.24, 2.45) is 0 Å². The highest BCUT2D eigenvalue weighted by molar-refractivity contribution is 6.31. The van der Waals surface area contributed by atoms with Crippen LogP contribution in [0.1, 0.15) is 10.4 Å². The van der Waals surface area contributed by atoms with Gasteiger partial charge < -0.3 is 0 Å². The third kappa shape index (κ3) is 1.54. The number of carbonyl (C=O) groups is 1. The molecule has 64 valence electrons. The fourth-order valence-corrected chi connectivity index (χ4v) is 0.885. The molecule has 0 aliphatic carbocycles. The van der Waals surface area contributed by atoms with E-state index in [1.807, 2.05) is 0 Å². The van der Waals surface area contributed by atoms with Crippen LogP contribution in [0.2, 0.25) is 5.02 Å². The predicted octanol–water partition coefficient (Wildman–Crippen LogP) is 2.11. The maximum absolute atomic E-state index is 12.9. The van der Waals surface area contributed by atoms with Crippen LogP contribution in [0.15, 0.2) is 18.2 Å². The van der Waals surface area contributed by atoms with E-state index in [9.17, 15) is 9.18 Å². The van der Waals surface area contributed by atoms with Crippen LogP contribution in [0.4, 0.5) is 4.39 Å². The standard InChI is InChI=1S/C7H4ClFO3/c8-5-3-1-2-4(6(5)9)7(10)12-11/h1-3,11H. The SMILES string of the molecule is O=C(OO)c1cccc(Cl)c1F. The molecule has 0 aliphatic rings. The fourth-order valence-electron chi connectivity index (χ4n) is 0.711. The highest BCUT2D eigenvalue weighted by Crippen LogP contribution is 2.17. The van der Waals surface area contributed by atoms with Crippen molar-refractivity contribution < 1.29 is 19.3 Å². The third-order valence-corrected chi connectivity index (χ3v) is 1.55. The van der Waals surface area contributed by atoms with E-state index in [2.05, 4.69) is 4.89 Å². The smallest absolute Gasteiger partial charge is 0.295 e. The summed E-state index contributed by atoms with van der Waals surface area (Å²) in [6.07, 6.45) is 0. The van der Waals surface area contributed by atoms with Crippen molar-refractivity contribution in [3.8, 4) is 0 Å². The van der Waals surface area contributed by atoms with Crippen molar-refractivity contribution in [2.45, 2.75) is 0 Å². The molecular weight excluding hydrogens is 187 g/mol. The van der Waals surface area contributed by atoms with E-state index in [0.29, 0.717) is 0 Å². The summed E-state index contributed by atoms with van der Waals surface area (Å²) in [7, 11) is 0. The Morgan fingerprint density at radius 2 is 2.25 bits per heavy atom. The Balaban J connectivity index is 3.16. The highest BCUT2D eigenvalue weighted by atomic mass is 35.5. The zero-order chi connectivity index (χ0) is 9.14. The van der Waals surface area contributed by atoms with Crippen LogP contribution in [0.3, 0.4) is 0 Å². The Hall–Kier alpha value is -1.13. The summed E-state index contributed by atoms with van der Waals surface area (Å²) in [5.41, 5.74) is -0.398. The number of benzene rings is 1. The molecule has 1 N–H and O–H groups in total. The van der Waals surface area contributed by atoms with Crippen LogP contribution in [-0.4, -0.2) is 11.2 Å². The Morgan fingerprint density at radius 3 is 2.83 bits per heavy atom. The normalized spacial score (nSPS) is 9.58. The summed E-state index contributed by atoms with van der Waals surface area (Å²) in [6, 6.07) is 3.81. The van der Waals surface area contributed by atoms with Crippen molar-refractivity contribution in [1.82, 2.24) is 0 Å². The molecule has 0 spiro atoms. The van der Waals surface area contributed by atoms with Gasteiger partial charge in [-0.25, -0.2) is 9.18 Å². The Bertz CT molecular complexity index is 314. The van der Waals surface area contributed by atoms with Crippen molar-refractivity contribution in [2.75, 3.05) is 0 Å². The molecular formula is C7H4ClFO3. The lowest BCUT2D eigenvalue weighted by Gasteiger charge is -1.99. The van der Waals surface area contributed by atoms with E-state index >= 15 is 0 Å². The Morgan fingerprint density at radius 1 is 1.58 bits per heavy atom. The van der Waals surface area contributed by atoms with E-state index < -0.39 is 17.3 Å². The van der Waals surface area contributed by atoms with Gasteiger partial charge in [0.15, 0.2) is 5.82 Å². The van der Waals surface area contributed by atoms with Gasteiger partial charge in [-0.2, -0.15) is 5.26 Å². The lowest BCUT2D eigenvalue weighted by atomic mass is 10.2. The first-order chi connectivity index (χ1) is 5.66. The van der Waals surface area contributed by atoms with Gasteiger partial charge in [0.2, 0.25) is 0 Å². The summed E-state index contributed by atoms with van der Waals surface area (Å²) in [6.45, 7) is 0. The molecule has 0 atom stereocenters. The first-order valence-electron chi connectivity index (χ1n) is 2.96. The van der Waals surface area contributed by atoms with Gasteiger partial charge in [-0.05, 0) is 12.1 Å². The van der Waals surface area contributed by atoms with Crippen molar-refractivity contribution >= 4 is 17.6 Å². The van der Waals surface area contributed by atoms with Crippen LogP contribution < -0.4 is 0 Å². The number of hydrogen-bond acceptors (Lipinski definition) is 3. The van der Waals surface area contributed by atoms with E-state index in [4.69, 9.17) is 16.9 Å². The van der Waals surface area contributed by atoms with Crippen molar-refractivity contribution in [3.05, 3.63) is 34.6 Å². The number of carbonyl (C=O) groups excluding carboxylic acids is 1. The van der Waals surface area contributed by atoms with Crippen LogP contribution in [0.5, 0.6) is 0 Å². The third-order valence-electron chi connectivity index (χ3n) is 1.25. The van der Waals surface area contributed by atoms with Gasteiger partial charge >= 0.3 is 5.97 Å². The quantitative estimate of drug-likeness (QED) is 0.545.